The highest BCUT2D eigenvalue weighted by Gasteiger charge is 2.19. The molecule has 0 atom stereocenters. The molecule has 164 valence electrons. The summed E-state index contributed by atoms with van der Waals surface area (Å²) < 4.78 is 36.2. The van der Waals surface area contributed by atoms with Crippen LogP contribution in [0.5, 0.6) is 17.2 Å². The van der Waals surface area contributed by atoms with E-state index in [1.807, 2.05) is 13.8 Å². The Hall–Kier alpha value is -3.35. The van der Waals surface area contributed by atoms with Gasteiger partial charge in [-0.05, 0) is 56.7 Å². The fraction of sp³-hybridized carbons (Fsp3) is 0.333. The van der Waals surface area contributed by atoms with E-state index in [2.05, 4.69) is 4.98 Å². The molecule has 6 nitrogen and oxygen atoms in total. The monoisotopic (exact) mass is 427 g/mol. The van der Waals surface area contributed by atoms with Crippen molar-refractivity contribution >= 4 is 16.7 Å². The number of carbonyl (C=O) groups is 1. The van der Waals surface area contributed by atoms with Crippen LogP contribution in [0.2, 0.25) is 0 Å². The summed E-state index contributed by atoms with van der Waals surface area (Å²) in [6, 6.07) is 8.10. The predicted molar refractivity (Wildman–Crippen MR) is 116 cm³/mol. The summed E-state index contributed by atoms with van der Waals surface area (Å²) in [5.74, 6) is 0.684. The number of aromatic nitrogens is 1. The van der Waals surface area contributed by atoms with Crippen molar-refractivity contribution in [3.05, 3.63) is 59.2 Å². The SMILES string of the molecule is CCOC(=O)c1cnc(Cc2cc(OC(C)C)ccc2F)c2cc(OC)c(OC)cc12. The maximum absolute atomic E-state index is 14.6. The second kappa shape index (κ2) is 9.64. The van der Waals surface area contributed by atoms with Gasteiger partial charge in [-0.25, -0.2) is 9.18 Å². The smallest absolute Gasteiger partial charge is 0.340 e. The maximum atomic E-state index is 14.6. The predicted octanol–water partition coefficient (Wildman–Crippen LogP) is 4.95. The molecule has 0 aliphatic rings. The van der Waals surface area contributed by atoms with E-state index >= 15 is 0 Å². The van der Waals surface area contributed by atoms with Crippen LogP contribution in [0.3, 0.4) is 0 Å². The molecule has 1 heterocycles. The van der Waals surface area contributed by atoms with Crippen LogP contribution in [0.25, 0.3) is 10.8 Å². The fourth-order valence-electron chi connectivity index (χ4n) is 3.35. The van der Waals surface area contributed by atoms with Crippen LogP contribution in [-0.2, 0) is 11.2 Å². The largest absolute Gasteiger partial charge is 0.493 e. The van der Waals surface area contributed by atoms with Gasteiger partial charge in [0.15, 0.2) is 11.5 Å². The van der Waals surface area contributed by atoms with E-state index < -0.39 is 5.97 Å². The van der Waals surface area contributed by atoms with Gasteiger partial charge in [-0.3, -0.25) is 4.98 Å². The molecule has 1 aromatic heterocycles. The second-order valence-electron chi connectivity index (χ2n) is 7.19. The Labute approximate surface area is 180 Å². The van der Waals surface area contributed by atoms with E-state index in [0.29, 0.717) is 44.8 Å². The van der Waals surface area contributed by atoms with E-state index in [4.69, 9.17) is 18.9 Å². The van der Waals surface area contributed by atoms with Gasteiger partial charge in [-0.2, -0.15) is 0 Å². The van der Waals surface area contributed by atoms with Crippen molar-refractivity contribution < 1.29 is 28.1 Å². The minimum Gasteiger partial charge on any atom is -0.493 e. The molecule has 0 aliphatic carbocycles. The summed E-state index contributed by atoms with van der Waals surface area (Å²) in [5, 5.41) is 1.24. The Balaban J connectivity index is 2.15. The Morgan fingerprint density at radius 1 is 1.06 bits per heavy atom. The van der Waals surface area contributed by atoms with Crippen molar-refractivity contribution in [2.24, 2.45) is 0 Å². The molecule has 0 bridgehead atoms. The minimum atomic E-state index is -0.489. The molecule has 0 amide bonds. The molecule has 3 aromatic rings. The van der Waals surface area contributed by atoms with Gasteiger partial charge in [0.2, 0.25) is 0 Å². The number of halogens is 1. The second-order valence-corrected chi connectivity index (χ2v) is 7.19. The molecule has 0 radical (unpaired) electrons. The normalized spacial score (nSPS) is 10.9. The number of hydrogen-bond acceptors (Lipinski definition) is 6. The Morgan fingerprint density at radius 2 is 1.74 bits per heavy atom. The average Bonchev–Trinajstić information content (AvgIpc) is 2.74. The molecule has 0 spiro atoms. The van der Waals surface area contributed by atoms with Crippen LogP contribution in [0.1, 0.15) is 42.4 Å². The summed E-state index contributed by atoms with van der Waals surface area (Å²) in [7, 11) is 3.05. The van der Waals surface area contributed by atoms with Crippen molar-refractivity contribution in [1.29, 1.82) is 0 Å². The van der Waals surface area contributed by atoms with Gasteiger partial charge in [-0.15, -0.1) is 0 Å². The van der Waals surface area contributed by atoms with E-state index in [9.17, 15) is 9.18 Å². The van der Waals surface area contributed by atoms with Gasteiger partial charge in [-0.1, -0.05) is 0 Å². The first-order chi connectivity index (χ1) is 14.9. The summed E-state index contributed by atoms with van der Waals surface area (Å²) >= 11 is 0. The van der Waals surface area contributed by atoms with Gasteiger partial charge in [0.1, 0.15) is 11.6 Å². The number of hydrogen-bond donors (Lipinski definition) is 0. The average molecular weight is 427 g/mol. The Bertz CT molecular complexity index is 1100. The highest BCUT2D eigenvalue weighted by atomic mass is 19.1. The van der Waals surface area contributed by atoms with Crippen LogP contribution in [-0.4, -0.2) is 37.9 Å². The molecule has 0 fully saturated rings. The number of nitrogens with zero attached hydrogens (tertiary/aromatic N) is 1. The summed E-state index contributed by atoms with van der Waals surface area (Å²) in [6.07, 6.45) is 1.63. The zero-order valence-electron chi connectivity index (χ0n) is 18.3. The standard InChI is InChI=1S/C24H26FNO5/c1-6-30-24(27)19-13-26-21(18-12-23(29-5)22(28-4)11-17(18)19)10-15-9-16(31-14(2)3)7-8-20(15)25/h7-9,11-14H,6,10H2,1-5H3. The van der Waals surface area contributed by atoms with Gasteiger partial charge in [0, 0.05) is 23.4 Å². The third-order valence-electron chi connectivity index (χ3n) is 4.72. The first kappa shape index (κ1) is 22.3. The van der Waals surface area contributed by atoms with Crippen LogP contribution < -0.4 is 14.2 Å². The zero-order valence-corrected chi connectivity index (χ0v) is 18.3. The van der Waals surface area contributed by atoms with E-state index in [-0.39, 0.29) is 24.9 Å². The third-order valence-corrected chi connectivity index (χ3v) is 4.72. The van der Waals surface area contributed by atoms with Crippen molar-refractivity contribution in [3.63, 3.8) is 0 Å². The third kappa shape index (κ3) is 4.87. The van der Waals surface area contributed by atoms with E-state index in [0.717, 1.165) is 0 Å². The minimum absolute atomic E-state index is 0.0298. The van der Waals surface area contributed by atoms with Crippen LogP contribution in [0, 0.1) is 5.82 Å². The molecule has 0 saturated heterocycles. The molecular weight excluding hydrogens is 401 g/mol. The van der Waals surface area contributed by atoms with Crippen molar-refractivity contribution in [1.82, 2.24) is 4.98 Å². The van der Waals surface area contributed by atoms with Crippen LogP contribution >= 0.6 is 0 Å². The zero-order chi connectivity index (χ0) is 22.5. The summed E-state index contributed by atoms with van der Waals surface area (Å²) in [4.78, 5) is 16.9. The molecular formula is C24H26FNO5. The number of ether oxygens (including phenoxy) is 4. The molecule has 31 heavy (non-hydrogen) atoms. The van der Waals surface area contributed by atoms with E-state index in [1.54, 1.807) is 31.2 Å². The lowest BCUT2D eigenvalue weighted by Crippen LogP contribution is -2.09. The first-order valence-corrected chi connectivity index (χ1v) is 10.0. The number of rotatable bonds is 8. The molecule has 0 saturated carbocycles. The van der Waals surface area contributed by atoms with E-state index in [1.165, 1.54) is 26.5 Å². The van der Waals surface area contributed by atoms with Gasteiger partial charge in [0.25, 0.3) is 0 Å². The first-order valence-electron chi connectivity index (χ1n) is 10.0. The highest BCUT2D eigenvalue weighted by molar-refractivity contribution is 6.05. The Morgan fingerprint density at radius 3 is 2.35 bits per heavy atom. The molecule has 0 unspecified atom stereocenters. The summed E-state index contributed by atoms with van der Waals surface area (Å²) in [5.41, 5.74) is 1.33. The van der Waals surface area contributed by atoms with Crippen molar-refractivity contribution in [2.45, 2.75) is 33.3 Å². The summed E-state index contributed by atoms with van der Waals surface area (Å²) in [6.45, 7) is 5.79. The quantitative estimate of drug-likeness (QED) is 0.474. The van der Waals surface area contributed by atoms with Gasteiger partial charge >= 0.3 is 5.97 Å². The van der Waals surface area contributed by atoms with Crippen LogP contribution in [0.4, 0.5) is 4.39 Å². The number of pyridine rings is 1. The number of carbonyl (C=O) groups excluding carboxylic acids is 1. The maximum Gasteiger partial charge on any atom is 0.340 e. The van der Waals surface area contributed by atoms with Crippen molar-refractivity contribution in [3.8, 4) is 17.2 Å². The number of methoxy groups -OCH3 is 2. The molecule has 7 heteroatoms. The number of fused-ring (bicyclic) bond motifs is 1. The number of benzene rings is 2. The number of esters is 1. The molecule has 0 aliphatic heterocycles. The van der Waals surface area contributed by atoms with Gasteiger partial charge < -0.3 is 18.9 Å². The lowest BCUT2D eigenvalue weighted by atomic mass is 9.99. The van der Waals surface area contributed by atoms with Crippen molar-refractivity contribution in [2.75, 3.05) is 20.8 Å². The van der Waals surface area contributed by atoms with Gasteiger partial charge in [0.05, 0.1) is 38.2 Å². The fourth-order valence-corrected chi connectivity index (χ4v) is 3.35. The lowest BCUT2D eigenvalue weighted by molar-refractivity contribution is 0.0528. The van der Waals surface area contributed by atoms with Crippen LogP contribution in [0.15, 0.2) is 36.5 Å². The molecule has 0 N–H and O–H groups in total. The molecule has 3 rings (SSSR count). The molecule has 2 aromatic carbocycles. The Kier molecular flexibility index (Phi) is 6.95. The highest BCUT2D eigenvalue weighted by Crippen LogP contribution is 2.36. The topological polar surface area (TPSA) is 66.9 Å². The lowest BCUT2D eigenvalue weighted by Gasteiger charge is -2.15.